The molecule has 0 aromatic carbocycles. The van der Waals surface area contributed by atoms with E-state index < -0.39 is 10.4 Å². The highest BCUT2D eigenvalue weighted by atomic mass is 32.3. The summed E-state index contributed by atoms with van der Waals surface area (Å²) in [4.78, 5) is 0. The second-order valence-corrected chi connectivity index (χ2v) is 7.08. The van der Waals surface area contributed by atoms with E-state index in [9.17, 15) is 8.42 Å². The molecule has 0 aliphatic rings. The van der Waals surface area contributed by atoms with Crippen LogP contribution in [0.15, 0.2) is 0 Å². The summed E-state index contributed by atoms with van der Waals surface area (Å²) in [6.45, 7) is 4.51. The van der Waals surface area contributed by atoms with Gasteiger partial charge in [0.1, 0.15) is 0 Å². The molecule has 0 aromatic rings. The number of hydrogen-bond acceptors (Lipinski definition) is 3. The van der Waals surface area contributed by atoms with Crippen LogP contribution in [0.1, 0.15) is 90.9 Å². The molecule has 0 aliphatic heterocycles. The van der Waals surface area contributed by atoms with Crippen molar-refractivity contribution in [3.63, 3.8) is 0 Å². The van der Waals surface area contributed by atoms with E-state index in [-0.39, 0.29) is 12.5 Å². The second kappa shape index (κ2) is 13.5. The lowest BCUT2D eigenvalue weighted by Gasteiger charge is -2.15. The molecule has 21 heavy (non-hydrogen) atoms. The van der Waals surface area contributed by atoms with E-state index in [1.54, 1.807) is 0 Å². The number of hydrogen-bond donors (Lipinski definition) is 1. The number of unbranched alkanes of at least 4 members (excludes halogenated alkanes) is 8. The fourth-order valence-electron chi connectivity index (χ4n) is 2.57. The molecule has 0 amide bonds. The zero-order chi connectivity index (χ0) is 16.0. The molecular weight excluding hydrogens is 288 g/mol. The van der Waals surface area contributed by atoms with Crippen LogP contribution in [0, 0.1) is 5.92 Å². The molecule has 5 heteroatoms. The number of rotatable bonds is 15. The predicted octanol–water partition coefficient (Wildman–Crippen LogP) is 5.14. The fourth-order valence-corrected chi connectivity index (χ4v) is 2.93. The third-order valence-electron chi connectivity index (χ3n) is 3.88. The van der Waals surface area contributed by atoms with Crippen molar-refractivity contribution in [2.75, 3.05) is 6.61 Å². The van der Waals surface area contributed by atoms with E-state index in [0.717, 1.165) is 25.7 Å². The summed E-state index contributed by atoms with van der Waals surface area (Å²) in [5.41, 5.74) is 0. The van der Waals surface area contributed by atoms with Crippen LogP contribution in [0.5, 0.6) is 0 Å². The van der Waals surface area contributed by atoms with Gasteiger partial charge in [-0.1, -0.05) is 78.1 Å². The Labute approximate surface area is 131 Å². The van der Waals surface area contributed by atoms with Crippen LogP contribution >= 0.6 is 0 Å². The molecule has 128 valence electrons. The van der Waals surface area contributed by atoms with Gasteiger partial charge in [-0.15, -0.1) is 0 Å². The Balaban J connectivity index is 3.88. The SMILES string of the molecule is CCCCCCCC[C@H](CCCCCC)COS(=O)(=O)O. The van der Waals surface area contributed by atoms with Gasteiger partial charge in [0.25, 0.3) is 0 Å². The van der Waals surface area contributed by atoms with E-state index >= 15 is 0 Å². The molecule has 0 heterocycles. The van der Waals surface area contributed by atoms with Crippen LogP contribution in [0.4, 0.5) is 0 Å². The van der Waals surface area contributed by atoms with Crippen molar-refractivity contribution >= 4 is 10.4 Å². The van der Waals surface area contributed by atoms with Gasteiger partial charge < -0.3 is 0 Å². The Morgan fingerprint density at radius 1 is 0.810 bits per heavy atom. The van der Waals surface area contributed by atoms with Crippen molar-refractivity contribution in [2.45, 2.75) is 90.9 Å². The van der Waals surface area contributed by atoms with Crippen LogP contribution < -0.4 is 0 Å². The lowest BCUT2D eigenvalue weighted by atomic mass is 9.95. The van der Waals surface area contributed by atoms with Crippen molar-refractivity contribution < 1.29 is 17.2 Å². The Hall–Kier alpha value is -0.130. The molecule has 0 aromatic heterocycles. The smallest absolute Gasteiger partial charge is 0.264 e. The lowest BCUT2D eigenvalue weighted by Crippen LogP contribution is -2.14. The van der Waals surface area contributed by atoms with Gasteiger partial charge in [0, 0.05) is 0 Å². The van der Waals surface area contributed by atoms with E-state index in [4.69, 9.17) is 4.55 Å². The van der Waals surface area contributed by atoms with E-state index in [1.807, 2.05) is 0 Å². The van der Waals surface area contributed by atoms with Crippen LogP contribution in [-0.4, -0.2) is 19.6 Å². The second-order valence-electron chi connectivity index (χ2n) is 5.98. The van der Waals surface area contributed by atoms with Crippen molar-refractivity contribution in [1.29, 1.82) is 0 Å². The average molecular weight is 323 g/mol. The molecule has 0 saturated carbocycles. The summed E-state index contributed by atoms with van der Waals surface area (Å²) in [6, 6.07) is 0. The average Bonchev–Trinajstić information content (AvgIpc) is 2.42. The highest BCUT2D eigenvalue weighted by molar-refractivity contribution is 7.80. The van der Waals surface area contributed by atoms with Gasteiger partial charge in [-0.3, -0.25) is 4.55 Å². The minimum Gasteiger partial charge on any atom is -0.264 e. The summed E-state index contributed by atoms with van der Waals surface area (Å²) in [5.74, 6) is 0.245. The summed E-state index contributed by atoms with van der Waals surface area (Å²) in [5, 5.41) is 0. The molecule has 1 atom stereocenters. The predicted molar refractivity (Wildman–Crippen MR) is 87.7 cm³/mol. The topological polar surface area (TPSA) is 63.6 Å². The Morgan fingerprint density at radius 2 is 1.24 bits per heavy atom. The van der Waals surface area contributed by atoms with E-state index in [1.165, 1.54) is 51.4 Å². The summed E-state index contributed by atoms with van der Waals surface area (Å²) >= 11 is 0. The first-order chi connectivity index (χ1) is 9.99. The molecule has 0 rings (SSSR count). The Morgan fingerprint density at radius 3 is 1.71 bits per heavy atom. The summed E-state index contributed by atoms with van der Waals surface area (Å²) in [7, 11) is -4.30. The van der Waals surface area contributed by atoms with Gasteiger partial charge in [0.15, 0.2) is 0 Å². The first-order valence-corrected chi connectivity index (χ1v) is 9.98. The Bertz CT molecular complexity index is 314. The van der Waals surface area contributed by atoms with Gasteiger partial charge in [-0.05, 0) is 18.8 Å². The highest BCUT2D eigenvalue weighted by Crippen LogP contribution is 2.19. The molecule has 0 fully saturated rings. The Kier molecular flexibility index (Phi) is 13.4. The fraction of sp³-hybridized carbons (Fsp3) is 1.00. The molecule has 0 saturated heterocycles. The van der Waals surface area contributed by atoms with Gasteiger partial charge in [-0.2, -0.15) is 8.42 Å². The van der Waals surface area contributed by atoms with Crippen molar-refractivity contribution in [2.24, 2.45) is 5.92 Å². The van der Waals surface area contributed by atoms with E-state index in [2.05, 4.69) is 18.0 Å². The van der Waals surface area contributed by atoms with E-state index in [0.29, 0.717) is 0 Å². The lowest BCUT2D eigenvalue weighted by molar-refractivity contribution is 0.204. The minimum absolute atomic E-state index is 0.125. The van der Waals surface area contributed by atoms with Gasteiger partial charge in [0.2, 0.25) is 0 Å². The summed E-state index contributed by atoms with van der Waals surface area (Å²) in [6.07, 6.45) is 14.1. The van der Waals surface area contributed by atoms with Crippen LogP contribution in [0.3, 0.4) is 0 Å². The van der Waals surface area contributed by atoms with Crippen LogP contribution in [0.2, 0.25) is 0 Å². The molecule has 0 aliphatic carbocycles. The molecule has 0 radical (unpaired) electrons. The molecule has 4 nitrogen and oxygen atoms in total. The molecular formula is C16H34O4S. The molecule has 0 unspecified atom stereocenters. The summed E-state index contributed by atoms with van der Waals surface area (Å²) < 4.78 is 34.7. The monoisotopic (exact) mass is 322 g/mol. The van der Waals surface area contributed by atoms with Crippen molar-refractivity contribution in [3.8, 4) is 0 Å². The largest absolute Gasteiger partial charge is 0.397 e. The maximum Gasteiger partial charge on any atom is 0.397 e. The minimum atomic E-state index is -4.30. The third-order valence-corrected chi connectivity index (χ3v) is 4.32. The van der Waals surface area contributed by atoms with Gasteiger partial charge in [0.05, 0.1) is 6.61 Å². The third kappa shape index (κ3) is 16.1. The van der Waals surface area contributed by atoms with Crippen LogP contribution in [0.25, 0.3) is 0 Å². The van der Waals surface area contributed by atoms with Gasteiger partial charge in [-0.25, -0.2) is 4.18 Å². The first-order valence-electron chi connectivity index (χ1n) is 8.61. The molecule has 1 N–H and O–H groups in total. The quantitative estimate of drug-likeness (QED) is 0.335. The van der Waals surface area contributed by atoms with Crippen LogP contribution in [-0.2, 0) is 14.6 Å². The van der Waals surface area contributed by atoms with Crippen molar-refractivity contribution in [1.82, 2.24) is 0 Å². The standard InChI is InChI=1S/C16H34O4S/c1-3-5-7-9-10-12-14-16(13-11-8-6-4-2)15-20-21(17,18)19/h16H,3-15H2,1-2H3,(H,17,18,19)/t16-/m0/s1. The molecule has 0 spiro atoms. The zero-order valence-electron chi connectivity index (χ0n) is 13.8. The maximum atomic E-state index is 10.7. The van der Waals surface area contributed by atoms with Gasteiger partial charge >= 0.3 is 10.4 Å². The highest BCUT2D eigenvalue weighted by Gasteiger charge is 2.13. The first kappa shape index (κ1) is 20.9. The zero-order valence-corrected chi connectivity index (χ0v) is 14.7. The molecule has 0 bridgehead atoms. The maximum absolute atomic E-state index is 10.7. The normalized spacial score (nSPS) is 13.5. The van der Waals surface area contributed by atoms with Crippen molar-refractivity contribution in [3.05, 3.63) is 0 Å².